The molecule has 0 bridgehead atoms. The Morgan fingerprint density at radius 1 is 1.25 bits per heavy atom. The minimum absolute atomic E-state index is 0.170. The monoisotopic (exact) mass is 282 g/mol. The number of anilines is 1. The van der Waals surface area contributed by atoms with Gasteiger partial charge in [-0.15, -0.1) is 0 Å². The van der Waals surface area contributed by atoms with E-state index < -0.39 is 11.7 Å². The third kappa shape index (κ3) is 2.61. The van der Waals surface area contributed by atoms with Crippen molar-refractivity contribution in [1.82, 2.24) is 14.8 Å². The topological polar surface area (TPSA) is 42.7 Å². The molecule has 2 aromatic rings. The van der Waals surface area contributed by atoms with Crippen LogP contribution in [-0.4, -0.2) is 20.8 Å². The summed E-state index contributed by atoms with van der Waals surface area (Å²) in [5, 5.41) is 7.36. The fourth-order valence-electron chi connectivity index (χ4n) is 2.35. The van der Waals surface area contributed by atoms with E-state index in [-0.39, 0.29) is 6.04 Å². The Kier molecular flexibility index (Phi) is 3.11. The highest BCUT2D eigenvalue weighted by Crippen LogP contribution is 2.29. The van der Waals surface area contributed by atoms with E-state index in [1.807, 2.05) is 10.7 Å². The SMILES string of the molecule is FC(F)(F)c1ccc(NC2CCn3nccc3C2)nc1. The van der Waals surface area contributed by atoms with Gasteiger partial charge in [-0.25, -0.2) is 4.98 Å². The molecule has 3 heterocycles. The lowest BCUT2D eigenvalue weighted by molar-refractivity contribution is -0.137. The van der Waals surface area contributed by atoms with Gasteiger partial charge in [0.1, 0.15) is 5.82 Å². The van der Waals surface area contributed by atoms with E-state index in [1.54, 1.807) is 6.20 Å². The molecule has 4 nitrogen and oxygen atoms in total. The molecule has 0 saturated carbocycles. The lowest BCUT2D eigenvalue weighted by Gasteiger charge is -2.24. The Labute approximate surface area is 113 Å². The number of alkyl halides is 3. The molecule has 2 aromatic heterocycles. The van der Waals surface area contributed by atoms with Crippen LogP contribution in [-0.2, 0) is 19.1 Å². The van der Waals surface area contributed by atoms with Crippen LogP contribution >= 0.6 is 0 Å². The molecule has 0 spiro atoms. The number of hydrogen-bond acceptors (Lipinski definition) is 3. The van der Waals surface area contributed by atoms with Crippen molar-refractivity contribution in [3.05, 3.63) is 41.9 Å². The predicted octanol–water partition coefficient (Wildman–Crippen LogP) is 2.72. The van der Waals surface area contributed by atoms with Crippen molar-refractivity contribution < 1.29 is 13.2 Å². The number of hydrogen-bond donors (Lipinski definition) is 1. The maximum atomic E-state index is 12.4. The molecule has 0 aromatic carbocycles. The van der Waals surface area contributed by atoms with Gasteiger partial charge in [0, 0.05) is 37.1 Å². The van der Waals surface area contributed by atoms with E-state index in [0.717, 1.165) is 37.3 Å². The smallest absolute Gasteiger partial charge is 0.367 e. The number of rotatable bonds is 2. The molecular formula is C13H13F3N4. The van der Waals surface area contributed by atoms with Gasteiger partial charge in [-0.05, 0) is 24.6 Å². The van der Waals surface area contributed by atoms with E-state index >= 15 is 0 Å². The summed E-state index contributed by atoms with van der Waals surface area (Å²) >= 11 is 0. The summed E-state index contributed by atoms with van der Waals surface area (Å²) in [4.78, 5) is 3.83. The van der Waals surface area contributed by atoms with Crippen LogP contribution in [0.4, 0.5) is 19.0 Å². The summed E-state index contributed by atoms with van der Waals surface area (Å²) in [5.41, 5.74) is 0.394. The molecule has 1 aliphatic rings. The Hall–Kier alpha value is -2.05. The molecule has 3 rings (SSSR count). The van der Waals surface area contributed by atoms with Crippen molar-refractivity contribution in [2.75, 3.05) is 5.32 Å². The first-order valence-corrected chi connectivity index (χ1v) is 6.33. The van der Waals surface area contributed by atoms with Crippen molar-refractivity contribution in [2.24, 2.45) is 0 Å². The molecule has 0 radical (unpaired) electrons. The second-order valence-corrected chi connectivity index (χ2v) is 4.81. The van der Waals surface area contributed by atoms with Crippen molar-refractivity contribution in [3.8, 4) is 0 Å². The first-order chi connectivity index (χ1) is 9.52. The third-order valence-corrected chi connectivity index (χ3v) is 3.39. The standard InChI is InChI=1S/C13H13F3N4/c14-13(15,16)9-1-2-12(17-8-9)19-10-4-6-20-11(7-10)3-5-18-20/h1-3,5,8,10H,4,6-7H2,(H,17,19). The van der Waals surface area contributed by atoms with E-state index in [9.17, 15) is 13.2 Å². The summed E-state index contributed by atoms with van der Waals surface area (Å²) in [6.45, 7) is 0.806. The number of pyridine rings is 1. The predicted molar refractivity (Wildman–Crippen MR) is 67.2 cm³/mol. The molecule has 0 saturated heterocycles. The van der Waals surface area contributed by atoms with Gasteiger partial charge in [-0.3, -0.25) is 4.68 Å². The van der Waals surface area contributed by atoms with Gasteiger partial charge in [-0.2, -0.15) is 18.3 Å². The average Bonchev–Trinajstić information content (AvgIpc) is 2.86. The van der Waals surface area contributed by atoms with Crippen LogP contribution in [0.3, 0.4) is 0 Å². The van der Waals surface area contributed by atoms with Gasteiger partial charge in [-0.1, -0.05) is 0 Å². The highest BCUT2D eigenvalue weighted by Gasteiger charge is 2.30. The molecule has 1 unspecified atom stereocenters. The largest absolute Gasteiger partial charge is 0.417 e. The molecule has 7 heteroatoms. The van der Waals surface area contributed by atoms with Gasteiger partial charge < -0.3 is 5.32 Å². The molecule has 1 atom stereocenters. The van der Waals surface area contributed by atoms with Crippen LogP contribution in [0.1, 0.15) is 17.7 Å². The summed E-state index contributed by atoms with van der Waals surface area (Å²) < 4.78 is 39.3. The fraction of sp³-hybridized carbons (Fsp3) is 0.385. The Morgan fingerprint density at radius 2 is 2.10 bits per heavy atom. The normalized spacial score (nSPS) is 18.6. The molecule has 0 aliphatic carbocycles. The van der Waals surface area contributed by atoms with E-state index in [0.29, 0.717) is 5.82 Å². The second kappa shape index (κ2) is 4.81. The van der Waals surface area contributed by atoms with Crippen molar-refractivity contribution in [3.63, 3.8) is 0 Å². The molecule has 1 aliphatic heterocycles. The van der Waals surface area contributed by atoms with Gasteiger partial charge in [0.2, 0.25) is 0 Å². The summed E-state index contributed by atoms with van der Waals surface area (Å²) in [6.07, 6.45) is -0.0630. The molecule has 106 valence electrons. The number of halogens is 3. The van der Waals surface area contributed by atoms with Crippen LogP contribution in [0.5, 0.6) is 0 Å². The van der Waals surface area contributed by atoms with E-state index in [4.69, 9.17) is 0 Å². The molecule has 1 N–H and O–H groups in total. The van der Waals surface area contributed by atoms with E-state index in [2.05, 4.69) is 15.4 Å². The third-order valence-electron chi connectivity index (χ3n) is 3.39. The first-order valence-electron chi connectivity index (χ1n) is 6.33. The van der Waals surface area contributed by atoms with Crippen molar-refractivity contribution in [1.29, 1.82) is 0 Å². The number of aromatic nitrogens is 3. The lowest BCUT2D eigenvalue weighted by Crippen LogP contribution is -2.30. The molecule has 0 amide bonds. The van der Waals surface area contributed by atoms with Gasteiger partial charge in [0.15, 0.2) is 0 Å². The Morgan fingerprint density at radius 3 is 2.80 bits per heavy atom. The first kappa shape index (κ1) is 13.0. The zero-order valence-electron chi connectivity index (χ0n) is 10.6. The van der Waals surface area contributed by atoms with Crippen LogP contribution in [0.2, 0.25) is 0 Å². The van der Waals surface area contributed by atoms with Gasteiger partial charge in [0.05, 0.1) is 5.56 Å². The molecule has 20 heavy (non-hydrogen) atoms. The fourth-order valence-corrected chi connectivity index (χ4v) is 2.35. The number of aryl methyl sites for hydroxylation is 1. The van der Waals surface area contributed by atoms with Crippen molar-refractivity contribution >= 4 is 5.82 Å². The second-order valence-electron chi connectivity index (χ2n) is 4.81. The van der Waals surface area contributed by atoms with Gasteiger partial charge in [0.25, 0.3) is 0 Å². The van der Waals surface area contributed by atoms with Crippen LogP contribution in [0.25, 0.3) is 0 Å². The zero-order valence-corrected chi connectivity index (χ0v) is 10.6. The summed E-state index contributed by atoms with van der Waals surface area (Å²) in [6, 6.07) is 4.54. The summed E-state index contributed by atoms with van der Waals surface area (Å²) in [7, 11) is 0. The quantitative estimate of drug-likeness (QED) is 0.921. The molecule has 0 fully saturated rings. The highest BCUT2D eigenvalue weighted by atomic mass is 19.4. The minimum atomic E-state index is -4.34. The van der Waals surface area contributed by atoms with Gasteiger partial charge >= 0.3 is 6.18 Å². The maximum Gasteiger partial charge on any atom is 0.417 e. The van der Waals surface area contributed by atoms with Crippen LogP contribution < -0.4 is 5.32 Å². The Balaban J connectivity index is 1.67. The minimum Gasteiger partial charge on any atom is -0.367 e. The number of nitrogens with one attached hydrogen (secondary N) is 1. The molecular weight excluding hydrogens is 269 g/mol. The Bertz CT molecular complexity index is 588. The van der Waals surface area contributed by atoms with Crippen LogP contribution in [0, 0.1) is 0 Å². The van der Waals surface area contributed by atoms with Crippen molar-refractivity contribution in [2.45, 2.75) is 31.6 Å². The highest BCUT2D eigenvalue weighted by molar-refractivity contribution is 5.37. The van der Waals surface area contributed by atoms with Crippen LogP contribution in [0.15, 0.2) is 30.6 Å². The zero-order chi connectivity index (χ0) is 14.2. The number of nitrogens with zero attached hydrogens (tertiary/aromatic N) is 3. The van der Waals surface area contributed by atoms with E-state index in [1.165, 1.54) is 6.07 Å². The summed E-state index contributed by atoms with van der Waals surface area (Å²) in [5.74, 6) is 0.468. The average molecular weight is 282 g/mol. The number of fused-ring (bicyclic) bond motifs is 1. The maximum absolute atomic E-state index is 12.4. The lowest BCUT2D eigenvalue weighted by atomic mass is 10.0.